The first-order valence-electron chi connectivity index (χ1n) is 11.5. The minimum Gasteiger partial charge on any atom is -0.337 e. The second-order valence-electron chi connectivity index (χ2n) is 8.98. The number of halogens is 6. The Bertz CT molecular complexity index is 990. The van der Waals surface area contributed by atoms with Crippen LogP contribution in [0, 0.1) is 0 Å². The molecular formula is C22H24F6N6. The topological polar surface area (TPSA) is 58.0 Å². The van der Waals surface area contributed by atoms with Crippen LogP contribution in [-0.4, -0.2) is 46.1 Å². The number of fused-ring (bicyclic) bond motifs is 2. The molecule has 3 heterocycles. The van der Waals surface area contributed by atoms with E-state index in [0.29, 0.717) is 49.9 Å². The van der Waals surface area contributed by atoms with Gasteiger partial charge in [0.1, 0.15) is 0 Å². The van der Waals surface area contributed by atoms with Crippen molar-refractivity contribution >= 4 is 11.9 Å². The van der Waals surface area contributed by atoms with Gasteiger partial charge in [0, 0.05) is 48.7 Å². The van der Waals surface area contributed by atoms with E-state index in [1.807, 2.05) is 0 Å². The summed E-state index contributed by atoms with van der Waals surface area (Å²) in [6.07, 6.45) is -4.61. The third kappa shape index (κ3) is 4.38. The van der Waals surface area contributed by atoms with Gasteiger partial charge in [0.2, 0.25) is 11.9 Å². The summed E-state index contributed by atoms with van der Waals surface area (Å²) < 4.78 is 81.9. The third-order valence-corrected chi connectivity index (χ3v) is 6.72. The number of hydrogen-bond donors (Lipinski definition) is 0. The van der Waals surface area contributed by atoms with Crippen LogP contribution in [0.5, 0.6) is 0 Å². The molecule has 2 aromatic rings. The van der Waals surface area contributed by atoms with Crippen molar-refractivity contribution in [2.45, 2.75) is 63.7 Å². The van der Waals surface area contributed by atoms with Crippen molar-refractivity contribution in [3.63, 3.8) is 0 Å². The summed E-state index contributed by atoms with van der Waals surface area (Å²) >= 11 is 0. The Labute approximate surface area is 192 Å². The van der Waals surface area contributed by atoms with Gasteiger partial charge in [-0.2, -0.15) is 26.3 Å². The van der Waals surface area contributed by atoms with Crippen molar-refractivity contribution in [2.75, 3.05) is 36.0 Å². The van der Waals surface area contributed by atoms with Gasteiger partial charge >= 0.3 is 12.4 Å². The van der Waals surface area contributed by atoms with E-state index in [0.717, 1.165) is 12.8 Å². The molecule has 6 nitrogen and oxygen atoms in total. The third-order valence-electron chi connectivity index (χ3n) is 6.72. The van der Waals surface area contributed by atoms with Crippen LogP contribution in [0.4, 0.5) is 38.2 Å². The van der Waals surface area contributed by atoms with Crippen LogP contribution in [-0.2, 0) is 38.0 Å². The summed E-state index contributed by atoms with van der Waals surface area (Å²) in [6.45, 7) is 1.05. The van der Waals surface area contributed by atoms with Gasteiger partial charge in [0.25, 0.3) is 0 Å². The smallest absolute Gasteiger partial charge is 0.337 e. The molecule has 0 unspecified atom stereocenters. The van der Waals surface area contributed by atoms with Crippen LogP contribution in [0.15, 0.2) is 0 Å². The molecule has 0 atom stereocenters. The molecule has 2 aliphatic carbocycles. The first-order chi connectivity index (χ1) is 16.1. The molecule has 0 saturated carbocycles. The number of rotatable bonds is 2. The van der Waals surface area contributed by atoms with Gasteiger partial charge in [-0.15, -0.1) is 0 Å². The highest BCUT2D eigenvalue weighted by molar-refractivity contribution is 5.44. The van der Waals surface area contributed by atoms with Gasteiger partial charge in [-0.3, -0.25) is 0 Å². The van der Waals surface area contributed by atoms with E-state index in [1.54, 1.807) is 9.80 Å². The van der Waals surface area contributed by atoms with Gasteiger partial charge in [0.05, 0.1) is 0 Å². The molecule has 5 rings (SSSR count). The molecule has 0 bridgehead atoms. The van der Waals surface area contributed by atoms with E-state index in [2.05, 4.69) is 19.9 Å². The number of piperazine rings is 1. The minimum absolute atomic E-state index is 0.0231. The summed E-state index contributed by atoms with van der Waals surface area (Å²) in [4.78, 5) is 19.9. The predicted octanol–water partition coefficient (Wildman–Crippen LogP) is 4.39. The fraction of sp³-hybridized carbons (Fsp3) is 0.636. The quantitative estimate of drug-likeness (QED) is 0.587. The number of anilines is 2. The molecule has 184 valence electrons. The van der Waals surface area contributed by atoms with Crippen molar-refractivity contribution in [3.05, 3.63) is 33.9 Å². The van der Waals surface area contributed by atoms with Crippen LogP contribution >= 0.6 is 0 Å². The van der Waals surface area contributed by atoms with Crippen molar-refractivity contribution in [1.82, 2.24) is 19.9 Å². The molecule has 1 saturated heterocycles. The number of nitrogens with zero attached hydrogens (tertiary/aromatic N) is 6. The monoisotopic (exact) mass is 486 g/mol. The Morgan fingerprint density at radius 1 is 0.500 bits per heavy atom. The van der Waals surface area contributed by atoms with E-state index in [9.17, 15) is 26.3 Å². The fourth-order valence-electron chi connectivity index (χ4n) is 5.02. The lowest BCUT2D eigenvalue weighted by molar-refractivity contribution is -0.142. The van der Waals surface area contributed by atoms with Gasteiger partial charge in [-0.05, 0) is 51.4 Å². The van der Waals surface area contributed by atoms with E-state index < -0.39 is 23.7 Å². The Balaban J connectivity index is 1.39. The lowest BCUT2D eigenvalue weighted by atomic mass is 9.94. The molecule has 12 heteroatoms. The van der Waals surface area contributed by atoms with Gasteiger partial charge in [-0.1, -0.05) is 0 Å². The van der Waals surface area contributed by atoms with Crippen LogP contribution in [0.2, 0.25) is 0 Å². The maximum Gasteiger partial charge on any atom is 0.433 e. The summed E-state index contributed by atoms with van der Waals surface area (Å²) in [5, 5.41) is 0. The Morgan fingerprint density at radius 2 is 0.853 bits per heavy atom. The lowest BCUT2D eigenvalue weighted by Crippen LogP contribution is -2.48. The molecule has 0 aromatic carbocycles. The predicted molar refractivity (Wildman–Crippen MR) is 112 cm³/mol. The lowest BCUT2D eigenvalue weighted by Gasteiger charge is -2.36. The van der Waals surface area contributed by atoms with Crippen molar-refractivity contribution in [2.24, 2.45) is 0 Å². The molecular weight excluding hydrogens is 462 g/mol. The zero-order valence-corrected chi connectivity index (χ0v) is 18.4. The highest BCUT2D eigenvalue weighted by Crippen LogP contribution is 2.37. The summed E-state index contributed by atoms with van der Waals surface area (Å²) in [5.41, 5.74) is -0.492. The van der Waals surface area contributed by atoms with Crippen molar-refractivity contribution in [1.29, 1.82) is 0 Å². The normalized spacial score (nSPS) is 19.1. The maximum atomic E-state index is 13.7. The van der Waals surface area contributed by atoms with E-state index in [1.165, 1.54) is 0 Å². The minimum atomic E-state index is -4.56. The van der Waals surface area contributed by atoms with Gasteiger partial charge in [0.15, 0.2) is 11.4 Å². The number of hydrogen-bond acceptors (Lipinski definition) is 6. The first-order valence-corrected chi connectivity index (χ1v) is 11.5. The van der Waals surface area contributed by atoms with Crippen LogP contribution in [0.25, 0.3) is 0 Å². The van der Waals surface area contributed by atoms with E-state index in [-0.39, 0.29) is 49.2 Å². The molecule has 0 amide bonds. The zero-order chi connectivity index (χ0) is 24.1. The number of aromatic nitrogens is 4. The molecule has 0 radical (unpaired) electrons. The largest absolute Gasteiger partial charge is 0.433 e. The second-order valence-corrected chi connectivity index (χ2v) is 8.98. The summed E-state index contributed by atoms with van der Waals surface area (Å²) in [7, 11) is 0. The first kappa shape index (κ1) is 23.1. The SMILES string of the molecule is FC(F)(F)c1nc(N2CCN(c3nc4c(c(C(F)(F)F)n3)CCCC4)CC2)nc2c1CCCC2. The standard InChI is InChI=1S/C22H24F6N6/c23-21(24,25)17-13-5-1-3-7-15(13)29-19(31-17)33-9-11-34(12-10-33)20-30-16-8-4-2-6-14(16)18(32-20)22(26,27)28/h1-12H2. The van der Waals surface area contributed by atoms with E-state index in [4.69, 9.17) is 0 Å². The Hall–Kier alpha value is -2.66. The average Bonchev–Trinajstić information content (AvgIpc) is 2.81. The van der Waals surface area contributed by atoms with Crippen LogP contribution in [0.1, 0.15) is 59.6 Å². The summed E-state index contributed by atoms with van der Waals surface area (Å²) in [5.74, 6) is 0.0462. The average molecular weight is 486 g/mol. The molecule has 3 aliphatic rings. The fourth-order valence-corrected chi connectivity index (χ4v) is 5.02. The summed E-state index contributed by atoms with van der Waals surface area (Å²) in [6, 6.07) is 0. The molecule has 0 spiro atoms. The highest BCUT2D eigenvalue weighted by Gasteiger charge is 2.40. The molecule has 0 N–H and O–H groups in total. The zero-order valence-electron chi connectivity index (χ0n) is 18.4. The Morgan fingerprint density at radius 3 is 1.21 bits per heavy atom. The molecule has 1 aliphatic heterocycles. The Kier molecular flexibility index (Phi) is 5.79. The molecule has 2 aromatic heterocycles. The maximum absolute atomic E-state index is 13.7. The van der Waals surface area contributed by atoms with E-state index >= 15 is 0 Å². The second kappa shape index (κ2) is 8.53. The van der Waals surface area contributed by atoms with Crippen LogP contribution in [0.3, 0.4) is 0 Å². The van der Waals surface area contributed by atoms with Crippen molar-refractivity contribution < 1.29 is 26.3 Å². The van der Waals surface area contributed by atoms with Crippen molar-refractivity contribution in [3.8, 4) is 0 Å². The van der Waals surface area contributed by atoms with Crippen LogP contribution < -0.4 is 9.80 Å². The molecule has 1 fully saturated rings. The van der Waals surface area contributed by atoms with Gasteiger partial charge < -0.3 is 9.80 Å². The van der Waals surface area contributed by atoms with Gasteiger partial charge in [-0.25, -0.2) is 19.9 Å². The number of aryl methyl sites for hydroxylation is 2. The highest BCUT2D eigenvalue weighted by atomic mass is 19.4. The number of alkyl halides is 6. The molecule has 34 heavy (non-hydrogen) atoms.